The fourth-order valence-electron chi connectivity index (χ4n) is 1.35. The fourth-order valence-corrected chi connectivity index (χ4v) is 1.35. The van der Waals surface area contributed by atoms with Gasteiger partial charge in [-0.25, -0.2) is 0 Å². The molecule has 3 N–H and O–H groups in total. The Labute approximate surface area is 94.5 Å². The predicted octanol–water partition coefficient (Wildman–Crippen LogP) is 0.392. The molecule has 0 aromatic heterocycles. The first-order chi connectivity index (χ1) is 7.74. The number of amides is 1. The van der Waals surface area contributed by atoms with Crippen LogP contribution in [0.5, 0.6) is 11.5 Å². The van der Waals surface area contributed by atoms with E-state index in [4.69, 9.17) is 15.2 Å². The van der Waals surface area contributed by atoms with E-state index in [9.17, 15) is 4.79 Å². The van der Waals surface area contributed by atoms with Crippen LogP contribution in [-0.4, -0.2) is 33.2 Å². The molecule has 0 aliphatic heterocycles. The van der Waals surface area contributed by atoms with Gasteiger partial charge >= 0.3 is 0 Å². The summed E-state index contributed by atoms with van der Waals surface area (Å²) in [6.07, 6.45) is 0. The SMILES string of the molecule is COc1cccc(C(=O)NCCN)c1OC. The Bertz CT molecular complexity index is 366. The summed E-state index contributed by atoms with van der Waals surface area (Å²) in [5.41, 5.74) is 5.75. The molecule has 16 heavy (non-hydrogen) atoms. The zero-order valence-electron chi connectivity index (χ0n) is 9.45. The zero-order valence-corrected chi connectivity index (χ0v) is 9.45. The number of carbonyl (C=O) groups is 1. The maximum atomic E-state index is 11.7. The molecule has 0 saturated carbocycles. The van der Waals surface area contributed by atoms with Gasteiger partial charge in [0.15, 0.2) is 11.5 Å². The van der Waals surface area contributed by atoms with E-state index in [1.165, 1.54) is 14.2 Å². The lowest BCUT2D eigenvalue weighted by Gasteiger charge is -2.12. The van der Waals surface area contributed by atoms with Crippen molar-refractivity contribution in [2.75, 3.05) is 27.3 Å². The van der Waals surface area contributed by atoms with Gasteiger partial charge < -0.3 is 20.5 Å². The van der Waals surface area contributed by atoms with E-state index in [0.29, 0.717) is 30.2 Å². The second-order valence-corrected chi connectivity index (χ2v) is 3.09. The Morgan fingerprint density at radius 3 is 2.69 bits per heavy atom. The summed E-state index contributed by atoms with van der Waals surface area (Å²) in [5, 5.41) is 2.68. The van der Waals surface area contributed by atoms with Gasteiger partial charge in [0, 0.05) is 13.1 Å². The first-order valence-electron chi connectivity index (χ1n) is 4.93. The van der Waals surface area contributed by atoms with Crippen molar-refractivity contribution in [3.05, 3.63) is 23.8 Å². The van der Waals surface area contributed by atoms with Crippen molar-refractivity contribution in [3.63, 3.8) is 0 Å². The van der Waals surface area contributed by atoms with Crippen molar-refractivity contribution in [3.8, 4) is 11.5 Å². The number of ether oxygens (including phenoxy) is 2. The average Bonchev–Trinajstić information content (AvgIpc) is 2.34. The lowest BCUT2D eigenvalue weighted by molar-refractivity contribution is 0.0951. The van der Waals surface area contributed by atoms with E-state index in [1.807, 2.05) is 0 Å². The maximum Gasteiger partial charge on any atom is 0.255 e. The van der Waals surface area contributed by atoms with E-state index < -0.39 is 0 Å². The summed E-state index contributed by atoms with van der Waals surface area (Å²) < 4.78 is 10.3. The van der Waals surface area contributed by atoms with Gasteiger partial charge in [-0.3, -0.25) is 4.79 Å². The Morgan fingerprint density at radius 1 is 1.38 bits per heavy atom. The van der Waals surface area contributed by atoms with E-state index in [2.05, 4.69) is 5.32 Å². The third-order valence-electron chi connectivity index (χ3n) is 2.08. The maximum absolute atomic E-state index is 11.7. The molecule has 0 saturated heterocycles. The molecule has 1 rings (SSSR count). The molecule has 0 fully saturated rings. The molecule has 0 atom stereocenters. The van der Waals surface area contributed by atoms with Gasteiger partial charge in [0.1, 0.15) is 0 Å². The third kappa shape index (κ3) is 2.64. The fraction of sp³-hybridized carbons (Fsp3) is 0.364. The molecule has 88 valence electrons. The molecule has 0 spiro atoms. The summed E-state index contributed by atoms with van der Waals surface area (Å²) in [6, 6.07) is 5.14. The number of nitrogens with one attached hydrogen (secondary N) is 1. The quantitative estimate of drug-likeness (QED) is 0.759. The Hall–Kier alpha value is -1.75. The number of rotatable bonds is 5. The Balaban J connectivity index is 2.98. The second-order valence-electron chi connectivity index (χ2n) is 3.09. The molecule has 0 radical (unpaired) electrons. The van der Waals surface area contributed by atoms with Gasteiger partial charge in [-0.15, -0.1) is 0 Å². The van der Waals surface area contributed by atoms with Crippen LogP contribution in [0.15, 0.2) is 18.2 Å². The topological polar surface area (TPSA) is 73.6 Å². The van der Waals surface area contributed by atoms with Crippen molar-refractivity contribution in [1.82, 2.24) is 5.32 Å². The summed E-state index contributed by atoms with van der Waals surface area (Å²) in [6.45, 7) is 0.831. The van der Waals surface area contributed by atoms with Crippen LogP contribution < -0.4 is 20.5 Å². The van der Waals surface area contributed by atoms with Gasteiger partial charge in [-0.05, 0) is 12.1 Å². The largest absolute Gasteiger partial charge is 0.493 e. The highest BCUT2D eigenvalue weighted by atomic mass is 16.5. The molecule has 5 heteroatoms. The van der Waals surface area contributed by atoms with Crippen LogP contribution in [0.1, 0.15) is 10.4 Å². The highest BCUT2D eigenvalue weighted by molar-refractivity contribution is 5.97. The number of para-hydroxylation sites is 1. The van der Waals surface area contributed by atoms with Crippen LogP contribution in [0, 0.1) is 0 Å². The first-order valence-corrected chi connectivity index (χ1v) is 4.93. The molecular formula is C11H16N2O3. The van der Waals surface area contributed by atoms with Crippen molar-refractivity contribution < 1.29 is 14.3 Å². The van der Waals surface area contributed by atoms with Crippen molar-refractivity contribution >= 4 is 5.91 Å². The number of nitrogens with two attached hydrogens (primary N) is 1. The van der Waals surface area contributed by atoms with Crippen LogP contribution in [0.25, 0.3) is 0 Å². The van der Waals surface area contributed by atoms with Crippen molar-refractivity contribution in [2.24, 2.45) is 5.73 Å². The van der Waals surface area contributed by atoms with Crippen LogP contribution in [-0.2, 0) is 0 Å². The predicted molar refractivity (Wildman–Crippen MR) is 60.9 cm³/mol. The van der Waals surface area contributed by atoms with Gasteiger partial charge in [-0.2, -0.15) is 0 Å². The summed E-state index contributed by atoms with van der Waals surface area (Å²) in [7, 11) is 3.02. The lowest BCUT2D eigenvalue weighted by atomic mass is 10.1. The lowest BCUT2D eigenvalue weighted by Crippen LogP contribution is -2.29. The van der Waals surface area contributed by atoms with Gasteiger partial charge in [-0.1, -0.05) is 6.07 Å². The third-order valence-corrected chi connectivity index (χ3v) is 2.08. The summed E-state index contributed by atoms with van der Waals surface area (Å²) in [4.78, 5) is 11.7. The number of hydrogen-bond acceptors (Lipinski definition) is 4. The minimum absolute atomic E-state index is 0.221. The molecule has 0 bridgehead atoms. The van der Waals surface area contributed by atoms with Gasteiger partial charge in [0.05, 0.1) is 19.8 Å². The van der Waals surface area contributed by atoms with Crippen LogP contribution >= 0.6 is 0 Å². The average molecular weight is 224 g/mol. The number of benzene rings is 1. The number of hydrogen-bond donors (Lipinski definition) is 2. The monoisotopic (exact) mass is 224 g/mol. The van der Waals surface area contributed by atoms with E-state index >= 15 is 0 Å². The first kappa shape index (κ1) is 12.3. The highest BCUT2D eigenvalue weighted by Gasteiger charge is 2.15. The van der Waals surface area contributed by atoms with E-state index in [0.717, 1.165) is 0 Å². The molecule has 0 aliphatic rings. The van der Waals surface area contributed by atoms with E-state index in [-0.39, 0.29) is 5.91 Å². The van der Waals surface area contributed by atoms with Crippen molar-refractivity contribution in [2.45, 2.75) is 0 Å². The smallest absolute Gasteiger partial charge is 0.255 e. The standard InChI is InChI=1S/C11H16N2O3/c1-15-9-5-3-4-8(10(9)16-2)11(14)13-7-6-12/h3-5H,6-7,12H2,1-2H3,(H,13,14). The van der Waals surface area contributed by atoms with Crippen LogP contribution in [0.3, 0.4) is 0 Å². The zero-order chi connectivity index (χ0) is 12.0. The molecule has 5 nitrogen and oxygen atoms in total. The summed E-state index contributed by atoms with van der Waals surface area (Å²) in [5.74, 6) is 0.739. The van der Waals surface area contributed by atoms with E-state index in [1.54, 1.807) is 18.2 Å². The van der Waals surface area contributed by atoms with Gasteiger partial charge in [0.25, 0.3) is 5.91 Å². The number of carbonyl (C=O) groups excluding carboxylic acids is 1. The normalized spacial score (nSPS) is 9.69. The molecule has 1 amide bonds. The van der Waals surface area contributed by atoms with Crippen LogP contribution in [0.4, 0.5) is 0 Å². The van der Waals surface area contributed by atoms with Crippen molar-refractivity contribution in [1.29, 1.82) is 0 Å². The molecule has 0 heterocycles. The number of methoxy groups -OCH3 is 2. The molecule has 1 aromatic rings. The summed E-state index contributed by atoms with van der Waals surface area (Å²) >= 11 is 0. The molecule has 1 aromatic carbocycles. The minimum Gasteiger partial charge on any atom is -0.493 e. The molecule has 0 aliphatic carbocycles. The molecule has 0 unspecified atom stereocenters. The second kappa shape index (κ2) is 5.97. The Morgan fingerprint density at radius 2 is 2.12 bits per heavy atom. The Kier molecular flexibility index (Phi) is 4.60. The molecular weight excluding hydrogens is 208 g/mol. The van der Waals surface area contributed by atoms with Gasteiger partial charge in [0.2, 0.25) is 0 Å². The highest BCUT2D eigenvalue weighted by Crippen LogP contribution is 2.30. The minimum atomic E-state index is -0.221. The van der Waals surface area contributed by atoms with Crippen LogP contribution in [0.2, 0.25) is 0 Å².